The van der Waals surface area contributed by atoms with E-state index in [1.807, 2.05) is 0 Å². The lowest BCUT2D eigenvalue weighted by atomic mass is 10.1. The van der Waals surface area contributed by atoms with E-state index in [9.17, 15) is 13.2 Å². The minimum absolute atomic E-state index is 0.413. The number of nitrogens with zero attached hydrogens (tertiary/aromatic N) is 1. The van der Waals surface area contributed by atoms with Crippen LogP contribution in [0, 0.1) is 6.92 Å². The molecule has 21 heavy (non-hydrogen) atoms. The predicted molar refractivity (Wildman–Crippen MR) is 74.3 cm³/mol. The standard InChI is InChI=1S/C12H18N2.C2HF3O2/c1-10-3-2-4-12(9-10)14-7-5-11(13)6-8-14;3-2(4,5)1(6)7/h2-4,9,11H,5-8,13H2,1H3;(H,6,7). The molecular formula is C14H19F3N2O2. The first-order valence-corrected chi connectivity index (χ1v) is 6.57. The smallest absolute Gasteiger partial charge is 0.475 e. The van der Waals surface area contributed by atoms with Gasteiger partial charge < -0.3 is 15.7 Å². The van der Waals surface area contributed by atoms with Gasteiger partial charge in [0.1, 0.15) is 0 Å². The lowest BCUT2D eigenvalue weighted by molar-refractivity contribution is -0.192. The van der Waals surface area contributed by atoms with E-state index in [0.717, 1.165) is 25.9 Å². The summed E-state index contributed by atoms with van der Waals surface area (Å²) >= 11 is 0. The van der Waals surface area contributed by atoms with Crippen molar-refractivity contribution in [2.75, 3.05) is 18.0 Å². The summed E-state index contributed by atoms with van der Waals surface area (Å²) in [4.78, 5) is 11.3. The van der Waals surface area contributed by atoms with Crippen molar-refractivity contribution in [2.24, 2.45) is 5.73 Å². The zero-order valence-corrected chi connectivity index (χ0v) is 11.7. The van der Waals surface area contributed by atoms with Gasteiger partial charge in [-0.25, -0.2) is 4.79 Å². The number of hydrogen-bond acceptors (Lipinski definition) is 3. The van der Waals surface area contributed by atoms with Crippen LogP contribution in [0.2, 0.25) is 0 Å². The van der Waals surface area contributed by atoms with Crippen LogP contribution in [0.15, 0.2) is 24.3 Å². The third-order valence-electron chi connectivity index (χ3n) is 3.15. The van der Waals surface area contributed by atoms with E-state index in [2.05, 4.69) is 36.1 Å². The summed E-state index contributed by atoms with van der Waals surface area (Å²) in [5, 5.41) is 7.12. The molecule has 0 aliphatic carbocycles. The molecule has 4 nitrogen and oxygen atoms in total. The molecule has 0 saturated carbocycles. The number of hydrogen-bond donors (Lipinski definition) is 2. The second-order valence-corrected chi connectivity index (χ2v) is 4.97. The fourth-order valence-electron chi connectivity index (χ4n) is 1.98. The van der Waals surface area contributed by atoms with Crippen LogP contribution >= 0.6 is 0 Å². The lowest BCUT2D eigenvalue weighted by Gasteiger charge is -2.32. The van der Waals surface area contributed by atoms with Gasteiger partial charge in [0.05, 0.1) is 0 Å². The highest BCUT2D eigenvalue weighted by Crippen LogP contribution is 2.20. The Kier molecular flexibility index (Phi) is 6.02. The highest BCUT2D eigenvalue weighted by Gasteiger charge is 2.38. The van der Waals surface area contributed by atoms with Crippen molar-refractivity contribution in [3.8, 4) is 0 Å². The average molecular weight is 304 g/mol. The number of benzene rings is 1. The van der Waals surface area contributed by atoms with Gasteiger partial charge in [0.25, 0.3) is 0 Å². The Morgan fingerprint density at radius 1 is 1.33 bits per heavy atom. The van der Waals surface area contributed by atoms with E-state index < -0.39 is 12.1 Å². The Morgan fingerprint density at radius 2 is 1.86 bits per heavy atom. The summed E-state index contributed by atoms with van der Waals surface area (Å²) in [5.41, 5.74) is 8.55. The van der Waals surface area contributed by atoms with Gasteiger partial charge in [-0.2, -0.15) is 13.2 Å². The molecule has 118 valence electrons. The van der Waals surface area contributed by atoms with E-state index in [1.54, 1.807) is 0 Å². The number of halogens is 3. The number of rotatable bonds is 1. The molecule has 0 amide bonds. The van der Waals surface area contributed by atoms with Crippen LogP contribution in [0.5, 0.6) is 0 Å². The quantitative estimate of drug-likeness (QED) is 0.837. The summed E-state index contributed by atoms with van der Waals surface area (Å²) < 4.78 is 31.7. The van der Waals surface area contributed by atoms with Gasteiger partial charge in [0, 0.05) is 24.8 Å². The first kappa shape index (κ1) is 17.3. The number of alkyl halides is 3. The summed E-state index contributed by atoms with van der Waals surface area (Å²) in [7, 11) is 0. The minimum atomic E-state index is -5.08. The molecule has 1 aliphatic heterocycles. The maximum absolute atomic E-state index is 10.6. The minimum Gasteiger partial charge on any atom is -0.475 e. The Hall–Kier alpha value is -1.76. The van der Waals surface area contributed by atoms with Gasteiger partial charge in [-0.15, -0.1) is 0 Å². The van der Waals surface area contributed by atoms with Crippen molar-refractivity contribution in [3.05, 3.63) is 29.8 Å². The molecular weight excluding hydrogens is 285 g/mol. The fraction of sp³-hybridized carbons (Fsp3) is 0.500. The molecule has 0 atom stereocenters. The number of carboxylic acid groups (broad SMARTS) is 1. The van der Waals surface area contributed by atoms with Crippen LogP contribution in [0.1, 0.15) is 18.4 Å². The Morgan fingerprint density at radius 3 is 2.29 bits per heavy atom. The van der Waals surface area contributed by atoms with E-state index in [0.29, 0.717) is 6.04 Å². The molecule has 0 aromatic heterocycles. The summed E-state index contributed by atoms with van der Waals surface area (Å²) in [6.45, 7) is 4.34. The lowest BCUT2D eigenvalue weighted by Crippen LogP contribution is -2.39. The molecule has 1 heterocycles. The molecule has 1 saturated heterocycles. The summed E-state index contributed by atoms with van der Waals surface area (Å²) in [6, 6.07) is 9.11. The van der Waals surface area contributed by atoms with Gasteiger partial charge >= 0.3 is 12.1 Å². The fourth-order valence-corrected chi connectivity index (χ4v) is 1.98. The molecule has 7 heteroatoms. The average Bonchev–Trinajstić information content (AvgIpc) is 2.39. The van der Waals surface area contributed by atoms with Crippen molar-refractivity contribution < 1.29 is 23.1 Å². The molecule has 0 spiro atoms. The van der Waals surface area contributed by atoms with Crippen LogP contribution in [-0.4, -0.2) is 36.4 Å². The summed E-state index contributed by atoms with van der Waals surface area (Å²) in [6.07, 6.45) is -2.85. The van der Waals surface area contributed by atoms with Crippen LogP contribution in [0.4, 0.5) is 18.9 Å². The Bertz CT molecular complexity index is 470. The van der Waals surface area contributed by atoms with E-state index in [1.165, 1.54) is 11.3 Å². The molecule has 1 aromatic carbocycles. The maximum Gasteiger partial charge on any atom is 0.490 e. The van der Waals surface area contributed by atoms with Gasteiger partial charge in [0.2, 0.25) is 0 Å². The largest absolute Gasteiger partial charge is 0.490 e. The van der Waals surface area contributed by atoms with Crippen molar-refractivity contribution >= 4 is 11.7 Å². The first-order chi connectivity index (χ1) is 9.70. The number of nitrogens with two attached hydrogens (primary N) is 1. The highest BCUT2D eigenvalue weighted by molar-refractivity contribution is 5.73. The normalized spacial score (nSPS) is 16.1. The molecule has 1 fully saturated rings. The van der Waals surface area contributed by atoms with E-state index in [-0.39, 0.29) is 0 Å². The Balaban J connectivity index is 0.000000270. The molecule has 1 aromatic rings. The van der Waals surface area contributed by atoms with Crippen LogP contribution in [0.3, 0.4) is 0 Å². The van der Waals surface area contributed by atoms with Gasteiger partial charge in [-0.3, -0.25) is 0 Å². The van der Waals surface area contributed by atoms with Gasteiger partial charge in [-0.1, -0.05) is 12.1 Å². The number of aliphatic carboxylic acids is 1. The SMILES string of the molecule is Cc1cccc(N2CCC(N)CC2)c1.O=C(O)C(F)(F)F. The monoisotopic (exact) mass is 304 g/mol. The molecule has 0 radical (unpaired) electrons. The Labute approximate surface area is 121 Å². The van der Waals surface area contributed by atoms with E-state index >= 15 is 0 Å². The zero-order chi connectivity index (χ0) is 16.0. The number of piperidine rings is 1. The topological polar surface area (TPSA) is 66.6 Å². The second-order valence-electron chi connectivity index (χ2n) is 4.97. The van der Waals surface area contributed by atoms with Crippen LogP contribution < -0.4 is 10.6 Å². The number of carbonyl (C=O) groups is 1. The van der Waals surface area contributed by atoms with Gasteiger partial charge in [0.15, 0.2) is 0 Å². The third-order valence-corrected chi connectivity index (χ3v) is 3.15. The molecule has 0 bridgehead atoms. The maximum atomic E-state index is 10.6. The molecule has 1 aliphatic rings. The zero-order valence-electron chi connectivity index (χ0n) is 11.7. The first-order valence-electron chi connectivity index (χ1n) is 6.57. The van der Waals surface area contributed by atoms with Gasteiger partial charge in [-0.05, 0) is 37.5 Å². The van der Waals surface area contributed by atoms with E-state index in [4.69, 9.17) is 15.6 Å². The predicted octanol–water partition coefficient (Wildman–Crippen LogP) is 2.56. The highest BCUT2D eigenvalue weighted by atomic mass is 19.4. The number of carboxylic acids is 1. The number of aryl methyl sites for hydroxylation is 1. The number of anilines is 1. The van der Waals surface area contributed by atoms with Crippen molar-refractivity contribution in [2.45, 2.75) is 32.0 Å². The molecule has 0 unspecified atom stereocenters. The molecule has 2 rings (SSSR count). The van der Waals surface area contributed by atoms with Crippen molar-refractivity contribution in [3.63, 3.8) is 0 Å². The third kappa shape index (κ3) is 6.03. The van der Waals surface area contributed by atoms with Crippen molar-refractivity contribution in [1.82, 2.24) is 0 Å². The second kappa shape index (κ2) is 7.31. The van der Waals surface area contributed by atoms with Crippen LogP contribution in [-0.2, 0) is 4.79 Å². The van der Waals surface area contributed by atoms with Crippen molar-refractivity contribution in [1.29, 1.82) is 0 Å². The van der Waals surface area contributed by atoms with Crippen LogP contribution in [0.25, 0.3) is 0 Å². The summed E-state index contributed by atoms with van der Waals surface area (Å²) in [5.74, 6) is -2.76. The molecule has 3 N–H and O–H groups in total.